The van der Waals surface area contributed by atoms with Crippen LogP contribution in [0, 0.1) is 16.0 Å². The third-order valence-electron chi connectivity index (χ3n) is 2.98. The number of rotatable bonds is 4. The van der Waals surface area contributed by atoms with E-state index in [0.29, 0.717) is 18.7 Å². The van der Waals surface area contributed by atoms with Gasteiger partial charge in [0, 0.05) is 24.4 Å². The molecule has 0 bridgehead atoms. The van der Waals surface area contributed by atoms with Gasteiger partial charge in [0.05, 0.1) is 16.4 Å². The molecule has 18 heavy (non-hydrogen) atoms. The van der Waals surface area contributed by atoms with Crippen LogP contribution in [0.1, 0.15) is 6.42 Å². The van der Waals surface area contributed by atoms with Gasteiger partial charge in [-0.1, -0.05) is 6.07 Å². The van der Waals surface area contributed by atoms with Gasteiger partial charge in [0.1, 0.15) is 0 Å². The minimum atomic E-state index is -2.87. The second kappa shape index (κ2) is 4.93. The van der Waals surface area contributed by atoms with Gasteiger partial charge in [0.15, 0.2) is 9.84 Å². The van der Waals surface area contributed by atoms with Crippen LogP contribution in [0.2, 0.25) is 0 Å². The van der Waals surface area contributed by atoms with E-state index in [1.807, 2.05) is 0 Å². The lowest BCUT2D eigenvalue weighted by molar-refractivity contribution is -0.384. The van der Waals surface area contributed by atoms with E-state index in [4.69, 9.17) is 0 Å². The van der Waals surface area contributed by atoms with Gasteiger partial charge in [-0.2, -0.15) is 0 Å². The van der Waals surface area contributed by atoms with E-state index in [2.05, 4.69) is 5.32 Å². The predicted molar refractivity (Wildman–Crippen MR) is 68.3 cm³/mol. The molecule has 0 amide bonds. The lowest BCUT2D eigenvalue weighted by atomic mass is 10.1. The molecule has 0 aliphatic carbocycles. The summed E-state index contributed by atoms with van der Waals surface area (Å²) in [6.45, 7) is 0.528. The van der Waals surface area contributed by atoms with Crippen LogP contribution in [0.3, 0.4) is 0 Å². The Labute approximate surface area is 105 Å². The molecule has 1 saturated heterocycles. The van der Waals surface area contributed by atoms with Crippen LogP contribution in [0.5, 0.6) is 0 Å². The summed E-state index contributed by atoms with van der Waals surface area (Å²) in [5.74, 6) is 0.540. The predicted octanol–water partition coefficient (Wildman–Crippen LogP) is 1.44. The average Bonchev–Trinajstić information content (AvgIpc) is 2.67. The topological polar surface area (TPSA) is 89.3 Å². The van der Waals surface area contributed by atoms with Crippen molar-refractivity contribution in [2.24, 2.45) is 5.92 Å². The summed E-state index contributed by atoms with van der Waals surface area (Å²) < 4.78 is 22.6. The SMILES string of the molecule is O=[N+]([O-])c1cccc(NCC2CCS(=O)(=O)C2)c1. The number of nitrogens with one attached hydrogen (secondary N) is 1. The maximum Gasteiger partial charge on any atom is 0.271 e. The molecule has 7 heteroatoms. The van der Waals surface area contributed by atoms with Crippen LogP contribution < -0.4 is 5.32 Å². The second-order valence-electron chi connectivity index (χ2n) is 4.46. The van der Waals surface area contributed by atoms with E-state index >= 15 is 0 Å². The van der Waals surface area contributed by atoms with E-state index in [0.717, 1.165) is 0 Å². The lowest BCUT2D eigenvalue weighted by Gasteiger charge is -2.10. The Kier molecular flexibility index (Phi) is 3.51. The minimum absolute atomic E-state index is 0.0269. The molecule has 1 N–H and O–H groups in total. The van der Waals surface area contributed by atoms with Crippen molar-refractivity contribution >= 4 is 21.2 Å². The van der Waals surface area contributed by atoms with Crippen molar-refractivity contribution in [3.63, 3.8) is 0 Å². The summed E-state index contributed by atoms with van der Waals surface area (Å²) in [7, 11) is -2.87. The minimum Gasteiger partial charge on any atom is -0.385 e. The maximum atomic E-state index is 11.3. The Morgan fingerprint density at radius 2 is 2.22 bits per heavy atom. The summed E-state index contributed by atoms with van der Waals surface area (Å²) in [5.41, 5.74) is 0.674. The highest BCUT2D eigenvalue weighted by Gasteiger charge is 2.27. The summed E-state index contributed by atoms with van der Waals surface area (Å²) >= 11 is 0. The van der Waals surface area contributed by atoms with Crippen LogP contribution in [-0.2, 0) is 9.84 Å². The maximum absolute atomic E-state index is 11.3. The van der Waals surface area contributed by atoms with Gasteiger partial charge in [-0.15, -0.1) is 0 Å². The number of anilines is 1. The van der Waals surface area contributed by atoms with Crippen molar-refractivity contribution in [1.29, 1.82) is 0 Å². The molecule has 0 aromatic heterocycles. The van der Waals surface area contributed by atoms with Crippen molar-refractivity contribution in [3.05, 3.63) is 34.4 Å². The zero-order valence-electron chi connectivity index (χ0n) is 9.70. The van der Waals surface area contributed by atoms with Crippen LogP contribution in [0.15, 0.2) is 24.3 Å². The fourth-order valence-corrected chi connectivity index (χ4v) is 3.89. The van der Waals surface area contributed by atoms with E-state index in [9.17, 15) is 18.5 Å². The second-order valence-corrected chi connectivity index (χ2v) is 6.69. The molecule has 1 aromatic carbocycles. The number of nitro benzene ring substituents is 1. The summed E-state index contributed by atoms with van der Waals surface area (Å²) in [5, 5.41) is 13.6. The Balaban J connectivity index is 1.95. The first kappa shape index (κ1) is 12.8. The number of non-ortho nitro benzene ring substituents is 1. The van der Waals surface area contributed by atoms with Gasteiger partial charge in [-0.3, -0.25) is 10.1 Å². The zero-order chi connectivity index (χ0) is 13.2. The highest BCUT2D eigenvalue weighted by atomic mass is 32.2. The molecule has 0 spiro atoms. The monoisotopic (exact) mass is 270 g/mol. The van der Waals surface area contributed by atoms with Crippen LogP contribution >= 0.6 is 0 Å². The van der Waals surface area contributed by atoms with E-state index in [-0.39, 0.29) is 23.1 Å². The molecule has 1 aromatic rings. The van der Waals surface area contributed by atoms with Gasteiger partial charge in [0.25, 0.3) is 5.69 Å². The van der Waals surface area contributed by atoms with Crippen LogP contribution in [-0.4, -0.2) is 31.4 Å². The van der Waals surface area contributed by atoms with Crippen molar-refractivity contribution < 1.29 is 13.3 Å². The lowest BCUT2D eigenvalue weighted by Crippen LogP contribution is -2.15. The normalized spacial score (nSPS) is 21.7. The van der Waals surface area contributed by atoms with Crippen molar-refractivity contribution in [1.82, 2.24) is 0 Å². The van der Waals surface area contributed by atoms with Crippen LogP contribution in [0.25, 0.3) is 0 Å². The van der Waals surface area contributed by atoms with Gasteiger partial charge in [-0.05, 0) is 18.4 Å². The average molecular weight is 270 g/mol. The molecule has 1 unspecified atom stereocenters. The van der Waals surface area contributed by atoms with E-state index < -0.39 is 14.8 Å². The molecule has 98 valence electrons. The fraction of sp³-hybridized carbons (Fsp3) is 0.455. The Bertz CT molecular complexity index is 556. The first-order chi connectivity index (χ1) is 8.46. The third-order valence-corrected chi connectivity index (χ3v) is 4.82. The summed E-state index contributed by atoms with van der Waals surface area (Å²) in [6, 6.07) is 6.21. The van der Waals surface area contributed by atoms with Crippen LogP contribution in [0.4, 0.5) is 11.4 Å². The summed E-state index contributed by atoms with van der Waals surface area (Å²) in [6.07, 6.45) is 0.657. The van der Waals surface area contributed by atoms with Crippen molar-refractivity contribution in [3.8, 4) is 0 Å². The van der Waals surface area contributed by atoms with Gasteiger partial charge in [-0.25, -0.2) is 8.42 Å². The Morgan fingerprint density at radius 3 is 2.83 bits per heavy atom. The smallest absolute Gasteiger partial charge is 0.271 e. The molecular formula is C11H14N2O4S. The molecule has 1 aliphatic rings. The van der Waals surface area contributed by atoms with Gasteiger partial charge in [0.2, 0.25) is 0 Å². The number of sulfone groups is 1. The molecule has 1 aliphatic heterocycles. The van der Waals surface area contributed by atoms with E-state index in [1.54, 1.807) is 12.1 Å². The third kappa shape index (κ3) is 3.19. The molecule has 0 radical (unpaired) electrons. The number of nitro groups is 1. The molecule has 2 rings (SSSR count). The number of nitrogens with zero attached hydrogens (tertiary/aromatic N) is 1. The van der Waals surface area contributed by atoms with Gasteiger partial charge >= 0.3 is 0 Å². The molecule has 1 fully saturated rings. The molecule has 1 heterocycles. The highest BCUT2D eigenvalue weighted by molar-refractivity contribution is 7.91. The zero-order valence-corrected chi connectivity index (χ0v) is 10.5. The highest BCUT2D eigenvalue weighted by Crippen LogP contribution is 2.21. The quantitative estimate of drug-likeness (QED) is 0.660. The number of benzene rings is 1. The first-order valence-electron chi connectivity index (χ1n) is 5.65. The molecule has 6 nitrogen and oxygen atoms in total. The van der Waals surface area contributed by atoms with Crippen molar-refractivity contribution in [2.75, 3.05) is 23.4 Å². The Morgan fingerprint density at radius 1 is 1.44 bits per heavy atom. The number of hydrogen-bond acceptors (Lipinski definition) is 5. The molecule has 0 saturated carbocycles. The number of hydrogen-bond donors (Lipinski definition) is 1. The standard InChI is InChI=1S/C11H14N2O4S/c14-13(15)11-3-1-2-10(6-11)12-7-9-4-5-18(16,17)8-9/h1-3,6,9,12H,4-5,7-8H2. The van der Waals surface area contributed by atoms with Gasteiger partial charge < -0.3 is 5.32 Å². The molecular weight excluding hydrogens is 256 g/mol. The Hall–Kier alpha value is -1.63. The summed E-state index contributed by atoms with van der Waals surface area (Å²) in [4.78, 5) is 10.1. The fourth-order valence-electron chi connectivity index (χ4n) is 2.02. The first-order valence-corrected chi connectivity index (χ1v) is 7.47. The van der Waals surface area contributed by atoms with Crippen molar-refractivity contribution in [2.45, 2.75) is 6.42 Å². The largest absolute Gasteiger partial charge is 0.385 e. The molecule has 1 atom stereocenters. The van der Waals surface area contributed by atoms with E-state index in [1.165, 1.54) is 12.1 Å².